The van der Waals surface area contributed by atoms with Gasteiger partial charge in [-0.15, -0.1) is 6.58 Å². The maximum absolute atomic E-state index is 10.5. The fourth-order valence-electron chi connectivity index (χ4n) is 1.59. The lowest BCUT2D eigenvalue weighted by molar-refractivity contribution is -0.384. The minimum atomic E-state index is -0.459. The zero-order valence-electron chi connectivity index (χ0n) is 10.5. The average Bonchev–Trinajstić information content (AvgIpc) is 2.79. The van der Waals surface area contributed by atoms with E-state index in [1.807, 2.05) is 0 Å². The highest BCUT2D eigenvalue weighted by molar-refractivity contribution is 7.71. The quantitative estimate of drug-likeness (QED) is 0.383. The zero-order valence-corrected chi connectivity index (χ0v) is 11.3. The van der Waals surface area contributed by atoms with Crippen molar-refractivity contribution < 1.29 is 9.66 Å². The van der Waals surface area contributed by atoms with Gasteiger partial charge in [0.2, 0.25) is 0 Å². The van der Waals surface area contributed by atoms with Crippen LogP contribution in [0.3, 0.4) is 0 Å². The molecule has 1 aromatic heterocycles. The third-order valence-electron chi connectivity index (χ3n) is 2.56. The zero-order chi connectivity index (χ0) is 14.5. The number of nitro benzene ring substituents is 1. The summed E-state index contributed by atoms with van der Waals surface area (Å²) in [5.74, 6) is 1.16. The van der Waals surface area contributed by atoms with Crippen molar-refractivity contribution in [3.8, 4) is 5.75 Å². The minimum Gasteiger partial charge on any atom is -0.486 e. The molecule has 0 saturated carbocycles. The van der Waals surface area contributed by atoms with E-state index in [2.05, 4.69) is 16.8 Å². The standard InChI is InChI=1S/C12H12N4O3S/c1-2-7-15-11(13-14-12(15)20)8-19-10-5-3-9(4-6-10)16(17)18/h2-6H,1,7-8H2,(H,14,20). The summed E-state index contributed by atoms with van der Waals surface area (Å²) in [7, 11) is 0. The minimum absolute atomic E-state index is 0.0201. The molecule has 0 spiro atoms. The number of non-ortho nitro benzene ring substituents is 1. The monoisotopic (exact) mass is 292 g/mol. The van der Waals surface area contributed by atoms with Gasteiger partial charge < -0.3 is 4.74 Å². The van der Waals surface area contributed by atoms with Crippen molar-refractivity contribution in [3.05, 3.63) is 57.6 Å². The second-order valence-electron chi connectivity index (χ2n) is 3.88. The number of nitro groups is 1. The molecule has 1 aromatic carbocycles. The molecule has 0 aliphatic carbocycles. The summed E-state index contributed by atoms with van der Waals surface area (Å²) >= 11 is 5.08. The molecule has 0 fully saturated rings. The van der Waals surface area contributed by atoms with E-state index in [0.29, 0.717) is 22.9 Å². The Labute approximate surface area is 119 Å². The largest absolute Gasteiger partial charge is 0.486 e. The molecule has 0 atom stereocenters. The Hall–Kier alpha value is -2.48. The molecule has 0 aliphatic rings. The SMILES string of the molecule is C=CCn1c(COc2ccc([N+](=O)[O-])cc2)n[nH]c1=S. The van der Waals surface area contributed by atoms with Crippen LogP contribution in [-0.2, 0) is 13.2 Å². The van der Waals surface area contributed by atoms with E-state index >= 15 is 0 Å². The van der Waals surface area contributed by atoms with E-state index in [9.17, 15) is 10.1 Å². The molecule has 2 rings (SSSR count). The van der Waals surface area contributed by atoms with E-state index in [1.54, 1.807) is 10.6 Å². The smallest absolute Gasteiger partial charge is 0.269 e. The van der Waals surface area contributed by atoms with Crippen molar-refractivity contribution in [2.75, 3.05) is 0 Å². The van der Waals surface area contributed by atoms with Crippen LogP contribution < -0.4 is 4.74 Å². The summed E-state index contributed by atoms with van der Waals surface area (Å²) in [5, 5.41) is 17.3. The molecule has 1 heterocycles. The third kappa shape index (κ3) is 3.09. The number of H-pyrrole nitrogens is 1. The Morgan fingerprint density at radius 2 is 2.20 bits per heavy atom. The van der Waals surface area contributed by atoms with Crippen LogP contribution in [0.25, 0.3) is 0 Å². The van der Waals surface area contributed by atoms with Crippen LogP contribution in [0.4, 0.5) is 5.69 Å². The lowest BCUT2D eigenvalue weighted by Crippen LogP contribution is -2.06. The number of ether oxygens (including phenoxy) is 1. The van der Waals surface area contributed by atoms with Crippen LogP contribution in [-0.4, -0.2) is 19.7 Å². The molecule has 104 valence electrons. The lowest BCUT2D eigenvalue weighted by Gasteiger charge is -2.06. The molecular formula is C12H12N4O3S. The van der Waals surface area contributed by atoms with E-state index in [4.69, 9.17) is 17.0 Å². The van der Waals surface area contributed by atoms with Crippen molar-refractivity contribution in [1.29, 1.82) is 0 Å². The summed E-state index contributed by atoms with van der Waals surface area (Å²) in [6.07, 6.45) is 1.71. The van der Waals surface area contributed by atoms with Crippen LogP contribution in [0.1, 0.15) is 5.82 Å². The van der Waals surface area contributed by atoms with Gasteiger partial charge in [0.25, 0.3) is 5.69 Å². The highest BCUT2D eigenvalue weighted by Crippen LogP contribution is 2.18. The van der Waals surface area contributed by atoms with Crippen molar-refractivity contribution in [1.82, 2.24) is 14.8 Å². The molecule has 0 unspecified atom stereocenters. The van der Waals surface area contributed by atoms with Gasteiger partial charge in [0, 0.05) is 18.7 Å². The molecule has 8 heteroatoms. The second-order valence-corrected chi connectivity index (χ2v) is 4.27. The van der Waals surface area contributed by atoms with E-state index in [0.717, 1.165) is 0 Å². The molecule has 0 amide bonds. The van der Waals surface area contributed by atoms with Gasteiger partial charge in [-0.1, -0.05) is 6.08 Å². The molecule has 0 bridgehead atoms. The van der Waals surface area contributed by atoms with E-state index < -0.39 is 4.92 Å². The van der Waals surface area contributed by atoms with Gasteiger partial charge in [-0.05, 0) is 24.4 Å². The first-order chi connectivity index (χ1) is 9.61. The Balaban J connectivity index is 2.07. The molecule has 0 aliphatic heterocycles. The van der Waals surface area contributed by atoms with E-state index in [-0.39, 0.29) is 12.3 Å². The summed E-state index contributed by atoms with van der Waals surface area (Å²) in [4.78, 5) is 10.1. The van der Waals surface area contributed by atoms with Gasteiger partial charge >= 0.3 is 0 Å². The third-order valence-corrected chi connectivity index (χ3v) is 2.88. The summed E-state index contributed by atoms with van der Waals surface area (Å²) in [6, 6.07) is 5.85. The second kappa shape index (κ2) is 6.11. The number of nitrogens with one attached hydrogen (secondary N) is 1. The number of hydrogen-bond donors (Lipinski definition) is 1. The number of aromatic amines is 1. The van der Waals surface area contributed by atoms with Gasteiger partial charge in [-0.25, -0.2) is 0 Å². The highest BCUT2D eigenvalue weighted by Gasteiger charge is 2.07. The first kappa shape index (κ1) is 13.9. The molecular weight excluding hydrogens is 280 g/mol. The van der Waals surface area contributed by atoms with Gasteiger partial charge in [0.1, 0.15) is 12.4 Å². The normalized spacial score (nSPS) is 10.2. The summed E-state index contributed by atoms with van der Waals surface area (Å²) in [6.45, 7) is 4.39. The summed E-state index contributed by atoms with van der Waals surface area (Å²) < 4.78 is 7.77. The van der Waals surface area contributed by atoms with Crippen LogP contribution in [0.5, 0.6) is 5.75 Å². The molecule has 1 N–H and O–H groups in total. The predicted molar refractivity (Wildman–Crippen MR) is 75.0 cm³/mol. The molecule has 0 radical (unpaired) electrons. The fraction of sp³-hybridized carbons (Fsp3) is 0.167. The lowest BCUT2D eigenvalue weighted by atomic mass is 10.3. The van der Waals surface area contributed by atoms with Crippen molar-refractivity contribution in [2.24, 2.45) is 0 Å². The van der Waals surface area contributed by atoms with Crippen LogP contribution in [0, 0.1) is 14.9 Å². The summed E-state index contributed by atoms with van der Waals surface area (Å²) in [5.41, 5.74) is 0.0201. The van der Waals surface area contributed by atoms with Gasteiger partial charge in [-0.2, -0.15) is 5.10 Å². The number of nitrogens with zero attached hydrogens (tertiary/aromatic N) is 3. The van der Waals surface area contributed by atoms with Crippen molar-refractivity contribution in [3.63, 3.8) is 0 Å². The number of hydrogen-bond acceptors (Lipinski definition) is 5. The van der Waals surface area contributed by atoms with Gasteiger partial charge in [0.15, 0.2) is 10.6 Å². The van der Waals surface area contributed by atoms with Crippen molar-refractivity contribution >= 4 is 17.9 Å². The van der Waals surface area contributed by atoms with Gasteiger partial charge in [-0.3, -0.25) is 19.8 Å². The molecule has 20 heavy (non-hydrogen) atoms. The Bertz CT molecular complexity index is 675. The van der Waals surface area contributed by atoms with Crippen LogP contribution >= 0.6 is 12.2 Å². The number of rotatable bonds is 6. The van der Waals surface area contributed by atoms with E-state index in [1.165, 1.54) is 24.3 Å². The first-order valence-corrected chi connectivity index (χ1v) is 6.15. The highest BCUT2D eigenvalue weighted by atomic mass is 32.1. The number of benzene rings is 1. The maximum atomic E-state index is 10.5. The van der Waals surface area contributed by atoms with Crippen molar-refractivity contribution in [2.45, 2.75) is 13.2 Å². The first-order valence-electron chi connectivity index (χ1n) is 5.74. The number of allylic oxidation sites excluding steroid dienone is 1. The van der Waals surface area contributed by atoms with Crippen LogP contribution in [0.2, 0.25) is 0 Å². The Morgan fingerprint density at radius 1 is 1.50 bits per heavy atom. The Kier molecular flexibility index (Phi) is 4.26. The Morgan fingerprint density at radius 3 is 2.80 bits per heavy atom. The number of aromatic nitrogens is 3. The fourth-order valence-corrected chi connectivity index (χ4v) is 1.82. The van der Waals surface area contributed by atoms with Gasteiger partial charge in [0.05, 0.1) is 4.92 Å². The molecule has 7 nitrogen and oxygen atoms in total. The topological polar surface area (TPSA) is 86.0 Å². The molecule has 0 saturated heterocycles. The molecule has 2 aromatic rings. The predicted octanol–water partition coefficient (Wildman–Crippen LogP) is 2.61. The maximum Gasteiger partial charge on any atom is 0.269 e. The average molecular weight is 292 g/mol. The van der Waals surface area contributed by atoms with Crippen LogP contribution in [0.15, 0.2) is 36.9 Å².